The van der Waals surface area contributed by atoms with Gasteiger partial charge in [0, 0.05) is 30.4 Å². The number of rotatable bonds is 6. The van der Waals surface area contributed by atoms with Gasteiger partial charge >= 0.3 is 0 Å². The second-order valence-electron chi connectivity index (χ2n) is 9.45. The van der Waals surface area contributed by atoms with E-state index in [1.165, 1.54) is 18.2 Å². The molecule has 4 aromatic rings. The van der Waals surface area contributed by atoms with Crippen LogP contribution in [-0.2, 0) is 16.6 Å². The fraction of sp³-hybridized carbons (Fsp3) is 0.308. The fourth-order valence-electron chi connectivity index (χ4n) is 5.08. The molecule has 5 rings (SSSR count). The topological polar surface area (TPSA) is 129 Å². The lowest BCUT2D eigenvalue weighted by atomic mass is 9.82. The summed E-state index contributed by atoms with van der Waals surface area (Å²) in [6.45, 7) is 2.37. The van der Waals surface area contributed by atoms with Crippen LogP contribution in [0.2, 0.25) is 5.02 Å². The highest BCUT2D eigenvalue weighted by atomic mass is 35.5. The Morgan fingerprint density at radius 2 is 1.84 bits per heavy atom. The van der Waals surface area contributed by atoms with Crippen molar-refractivity contribution >= 4 is 44.0 Å². The quantitative estimate of drug-likeness (QED) is 0.289. The van der Waals surface area contributed by atoms with Crippen molar-refractivity contribution in [3.63, 3.8) is 0 Å². The molecule has 2 aromatic carbocycles. The molecule has 1 fully saturated rings. The molecule has 1 saturated carbocycles. The molecule has 0 amide bonds. The normalized spacial score (nSPS) is 18.1. The first kappa shape index (κ1) is 26.3. The number of anilines is 2. The maximum atomic E-state index is 15.5. The molecule has 1 aliphatic carbocycles. The number of nitrogens with one attached hydrogen (secondary N) is 1. The van der Waals surface area contributed by atoms with Crippen LogP contribution in [-0.4, -0.2) is 29.2 Å². The predicted octanol–water partition coefficient (Wildman–Crippen LogP) is 5.42. The van der Waals surface area contributed by atoms with Crippen LogP contribution in [0.25, 0.3) is 22.2 Å². The van der Waals surface area contributed by atoms with Crippen molar-refractivity contribution in [2.75, 3.05) is 10.5 Å². The number of aromatic nitrogens is 3. The van der Waals surface area contributed by atoms with Gasteiger partial charge in [0.1, 0.15) is 28.0 Å². The van der Waals surface area contributed by atoms with Crippen LogP contribution in [0.15, 0.2) is 47.5 Å². The van der Waals surface area contributed by atoms with E-state index in [0.29, 0.717) is 11.9 Å². The van der Waals surface area contributed by atoms with Crippen molar-refractivity contribution in [3.8, 4) is 11.3 Å². The molecule has 8 nitrogen and oxygen atoms in total. The van der Waals surface area contributed by atoms with Gasteiger partial charge in [-0.05, 0) is 62.3 Å². The summed E-state index contributed by atoms with van der Waals surface area (Å²) >= 11 is 5.99. The van der Waals surface area contributed by atoms with Crippen molar-refractivity contribution in [2.24, 2.45) is 5.73 Å². The predicted molar refractivity (Wildman–Crippen MR) is 144 cm³/mol. The molecule has 12 heteroatoms. The highest BCUT2D eigenvalue weighted by Crippen LogP contribution is 2.41. The maximum Gasteiger partial charge on any atom is 0.263 e. The summed E-state index contributed by atoms with van der Waals surface area (Å²) in [6, 6.07) is 7.55. The number of nitrogens with zero attached hydrogens (tertiary/aromatic N) is 3. The van der Waals surface area contributed by atoms with Gasteiger partial charge < -0.3 is 11.5 Å². The molecule has 0 spiro atoms. The molecule has 38 heavy (non-hydrogen) atoms. The second kappa shape index (κ2) is 10.1. The van der Waals surface area contributed by atoms with Crippen LogP contribution >= 0.6 is 11.6 Å². The second-order valence-corrected chi connectivity index (χ2v) is 11.5. The summed E-state index contributed by atoms with van der Waals surface area (Å²) in [6.07, 6.45) is 5.27. The van der Waals surface area contributed by atoms with Crippen molar-refractivity contribution in [2.45, 2.75) is 56.0 Å². The molecule has 5 N–H and O–H groups in total. The van der Waals surface area contributed by atoms with Gasteiger partial charge in [-0.2, -0.15) is 5.10 Å². The smallest absolute Gasteiger partial charge is 0.263 e. The van der Waals surface area contributed by atoms with Crippen LogP contribution in [0.5, 0.6) is 0 Å². The number of aryl methyl sites for hydroxylation is 1. The molecule has 200 valence electrons. The summed E-state index contributed by atoms with van der Waals surface area (Å²) in [4.78, 5) is 4.11. The number of nitrogen functional groups attached to an aromatic ring is 1. The number of hydrogen-bond acceptors (Lipinski definition) is 6. The lowest BCUT2D eigenvalue weighted by Gasteiger charge is -2.27. The van der Waals surface area contributed by atoms with Crippen LogP contribution < -0.4 is 16.2 Å². The third-order valence-electron chi connectivity index (χ3n) is 7.02. The fourth-order valence-corrected chi connectivity index (χ4v) is 6.66. The molecule has 0 saturated heterocycles. The third kappa shape index (κ3) is 4.70. The van der Waals surface area contributed by atoms with E-state index in [-0.39, 0.29) is 39.0 Å². The zero-order chi connectivity index (χ0) is 27.2. The van der Waals surface area contributed by atoms with Gasteiger partial charge in [-0.1, -0.05) is 23.7 Å². The molecule has 0 atom stereocenters. The van der Waals surface area contributed by atoms with E-state index in [1.54, 1.807) is 16.9 Å². The van der Waals surface area contributed by atoms with Crippen LogP contribution in [0.4, 0.5) is 20.3 Å². The Bertz CT molecular complexity index is 1630. The zero-order valence-corrected chi connectivity index (χ0v) is 22.2. The van der Waals surface area contributed by atoms with Crippen LogP contribution in [0.3, 0.4) is 0 Å². The Kier molecular flexibility index (Phi) is 7.01. The number of benzene rings is 2. The zero-order valence-electron chi connectivity index (χ0n) is 20.6. The van der Waals surface area contributed by atoms with Gasteiger partial charge in [0.2, 0.25) is 0 Å². The van der Waals surface area contributed by atoms with Gasteiger partial charge in [-0.15, -0.1) is 0 Å². The monoisotopic (exact) mass is 560 g/mol. The first-order chi connectivity index (χ1) is 18.1. The summed E-state index contributed by atoms with van der Waals surface area (Å²) in [5.41, 5.74) is 13.5. The van der Waals surface area contributed by atoms with Gasteiger partial charge in [-0.3, -0.25) is 9.40 Å². The highest BCUT2D eigenvalue weighted by molar-refractivity contribution is 7.92. The minimum atomic E-state index is -4.27. The standard InChI is InChI=1S/C26H27ClF2N6O2S/c1-2-35-25-17(14-7-9-15(30)10-8-14)13-32-26(31)23(25)24(33-35)16-11-20(29)21(12-19(16)28)34-38(36,37)22-6-4-3-5-18(22)27/h3-6,11-15,34H,2,7-10,30H2,1H3,(H2,31,32). The van der Waals surface area contributed by atoms with Crippen LogP contribution in [0.1, 0.15) is 44.1 Å². The van der Waals surface area contributed by atoms with Crippen molar-refractivity contribution < 1.29 is 17.2 Å². The maximum absolute atomic E-state index is 15.5. The van der Waals surface area contributed by atoms with E-state index in [2.05, 4.69) is 14.8 Å². The lowest BCUT2D eigenvalue weighted by molar-refractivity contribution is 0.395. The summed E-state index contributed by atoms with van der Waals surface area (Å²) in [5, 5.41) is 4.97. The van der Waals surface area contributed by atoms with E-state index in [1.807, 2.05) is 6.92 Å². The molecular formula is C26H27ClF2N6O2S. The number of hydrogen-bond donors (Lipinski definition) is 3. The number of pyridine rings is 1. The number of sulfonamides is 1. The van der Waals surface area contributed by atoms with E-state index < -0.39 is 27.3 Å². The van der Waals surface area contributed by atoms with E-state index in [0.717, 1.165) is 48.9 Å². The molecule has 0 bridgehead atoms. The lowest BCUT2D eigenvalue weighted by Crippen LogP contribution is -2.26. The molecular weight excluding hydrogens is 534 g/mol. The number of nitrogens with two attached hydrogens (primary N) is 2. The van der Waals surface area contributed by atoms with Gasteiger partial charge in [0.25, 0.3) is 10.0 Å². The van der Waals surface area contributed by atoms with E-state index in [4.69, 9.17) is 23.1 Å². The minimum Gasteiger partial charge on any atom is -0.383 e. The molecule has 0 radical (unpaired) electrons. The minimum absolute atomic E-state index is 0.0483. The Balaban J connectivity index is 1.59. The van der Waals surface area contributed by atoms with E-state index in [9.17, 15) is 8.42 Å². The van der Waals surface area contributed by atoms with Gasteiger partial charge in [0.15, 0.2) is 0 Å². The van der Waals surface area contributed by atoms with Gasteiger partial charge in [-0.25, -0.2) is 22.2 Å². The molecule has 2 heterocycles. The number of halogens is 3. The van der Waals surface area contributed by atoms with Gasteiger partial charge in [0.05, 0.1) is 21.6 Å². The average molecular weight is 561 g/mol. The SMILES string of the molecule is CCn1nc(-c2cc(F)c(NS(=O)(=O)c3ccccc3Cl)cc2F)c2c(N)ncc(C3CCC(N)CC3)c21. The Hall–Kier alpha value is -3.28. The summed E-state index contributed by atoms with van der Waals surface area (Å²) < 4.78 is 60.1. The Labute approximate surface area is 224 Å². The summed E-state index contributed by atoms with van der Waals surface area (Å²) in [7, 11) is -4.27. The first-order valence-electron chi connectivity index (χ1n) is 12.3. The third-order valence-corrected chi connectivity index (χ3v) is 8.88. The molecule has 2 aromatic heterocycles. The van der Waals surface area contributed by atoms with Crippen molar-refractivity contribution in [3.05, 3.63) is 64.8 Å². The first-order valence-corrected chi connectivity index (χ1v) is 14.1. The number of fused-ring (bicyclic) bond motifs is 1. The van der Waals surface area contributed by atoms with Crippen molar-refractivity contribution in [1.29, 1.82) is 0 Å². The largest absolute Gasteiger partial charge is 0.383 e. The average Bonchev–Trinajstić information content (AvgIpc) is 3.27. The van der Waals surface area contributed by atoms with Crippen molar-refractivity contribution in [1.82, 2.24) is 14.8 Å². The summed E-state index contributed by atoms with van der Waals surface area (Å²) in [5.74, 6) is -1.52. The highest BCUT2D eigenvalue weighted by Gasteiger charge is 2.28. The molecule has 0 unspecified atom stereocenters. The molecule has 1 aliphatic rings. The Morgan fingerprint density at radius 1 is 1.13 bits per heavy atom. The van der Waals surface area contributed by atoms with E-state index >= 15 is 8.78 Å². The molecule has 0 aliphatic heterocycles. The van der Waals surface area contributed by atoms with Crippen LogP contribution in [0, 0.1) is 11.6 Å². The Morgan fingerprint density at radius 3 is 2.53 bits per heavy atom.